The molecule has 0 aliphatic carbocycles. The van der Waals surface area contributed by atoms with Crippen molar-refractivity contribution >= 4 is 48.9 Å². The van der Waals surface area contributed by atoms with Gasteiger partial charge < -0.3 is 5.73 Å². The van der Waals surface area contributed by atoms with E-state index >= 15 is 0 Å². The molecule has 4 nitrogen and oxygen atoms in total. The second kappa shape index (κ2) is 5.63. The average Bonchev–Trinajstić information content (AvgIpc) is 2.34. The fourth-order valence-electron chi connectivity index (χ4n) is 1.73. The largest absolute Gasteiger partial charge is 0.397 e. The van der Waals surface area contributed by atoms with E-state index in [9.17, 15) is 8.42 Å². The summed E-state index contributed by atoms with van der Waals surface area (Å²) in [5.41, 5.74) is 7.42. The number of hydrogen-bond acceptors (Lipinski definition) is 3. The molecular weight excluding hydrogens is 364 g/mol. The van der Waals surface area contributed by atoms with Crippen molar-refractivity contribution < 1.29 is 8.42 Å². The minimum absolute atomic E-state index is 0.00791. The number of rotatable bonds is 3. The lowest BCUT2D eigenvalue weighted by molar-refractivity contribution is 0.601. The number of hydrogen-bond donors (Lipinski definition) is 2. The summed E-state index contributed by atoms with van der Waals surface area (Å²) in [6.07, 6.45) is 0. The van der Waals surface area contributed by atoms with Crippen LogP contribution in [0, 0.1) is 6.92 Å². The van der Waals surface area contributed by atoms with Crippen molar-refractivity contribution in [2.75, 3.05) is 10.5 Å². The highest BCUT2D eigenvalue weighted by molar-refractivity contribution is 9.10. The van der Waals surface area contributed by atoms with Crippen LogP contribution < -0.4 is 10.5 Å². The molecule has 7 heteroatoms. The highest BCUT2D eigenvalue weighted by Gasteiger charge is 2.20. The topological polar surface area (TPSA) is 72.2 Å². The molecule has 2 aromatic rings. The predicted octanol–water partition coefficient (Wildman–Crippen LogP) is 3.79. The highest BCUT2D eigenvalue weighted by atomic mass is 79.9. The first kappa shape index (κ1) is 15.2. The fraction of sp³-hybridized carbons (Fsp3) is 0.0769. The molecule has 0 amide bonds. The molecule has 0 fully saturated rings. The van der Waals surface area contributed by atoms with Gasteiger partial charge in [0.25, 0.3) is 10.0 Å². The molecule has 0 atom stereocenters. The van der Waals surface area contributed by atoms with E-state index in [4.69, 9.17) is 17.3 Å². The molecule has 0 saturated carbocycles. The lowest BCUT2D eigenvalue weighted by Crippen LogP contribution is -2.15. The Balaban J connectivity index is 2.47. The van der Waals surface area contributed by atoms with Crippen LogP contribution in [0.4, 0.5) is 11.4 Å². The Morgan fingerprint density at radius 1 is 1.25 bits per heavy atom. The van der Waals surface area contributed by atoms with Crippen LogP contribution >= 0.6 is 27.5 Å². The average molecular weight is 376 g/mol. The molecule has 0 heterocycles. The Kier molecular flexibility index (Phi) is 4.27. The van der Waals surface area contributed by atoms with Crippen LogP contribution in [0.15, 0.2) is 45.8 Å². The summed E-state index contributed by atoms with van der Waals surface area (Å²) >= 11 is 9.22. The maximum absolute atomic E-state index is 12.3. The maximum atomic E-state index is 12.3. The van der Waals surface area contributed by atoms with Gasteiger partial charge >= 0.3 is 0 Å². The van der Waals surface area contributed by atoms with Crippen molar-refractivity contribution in [2.24, 2.45) is 0 Å². The number of benzene rings is 2. The molecule has 0 aliphatic heterocycles. The van der Waals surface area contributed by atoms with E-state index in [1.807, 2.05) is 6.92 Å². The third-order valence-corrected chi connectivity index (χ3v) is 5.10. The number of halogens is 2. The van der Waals surface area contributed by atoms with Gasteiger partial charge in [-0.3, -0.25) is 4.72 Å². The monoisotopic (exact) mass is 374 g/mol. The van der Waals surface area contributed by atoms with Gasteiger partial charge in [-0.2, -0.15) is 0 Å². The number of nitrogens with two attached hydrogens (primary N) is 1. The van der Waals surface area contributed by atoms with Gasteiger partial charge in [-0.15, -0.1) is 0 Å². The molecule has 106 valence electrons. The lowest BCUT2D eigenvalue weighted by Gasteiger charge is -2.13. The minimum Gasteiger partial charge on any atom is -0.397 e. The zero-order valence-corrected chi connectivity index (χ0v) is 13.7. The molecule has 20 heavy (non-hydrogen) atoms. The Morgan fingerprint density at radius 3 is 2.50 bits per heavy atom. The van der Waals surface area contributed by atoms with E-state index in [0.29, 0.717) is 15.8 Å². The molecule has 0 spiro atoms. The minimum atomic E-state index is -3.79. The highest BCUT2D eigenvalue weighted by Crippen LogP contribution is 2.33. The van der Waals surface area contributed by atoms with Crippen LogP contribution in [-0.2, 0) is 10.0 Å². The van der Waals surface area contributed by atoms with Crippen LogP contribution in [0.5, 0.6) is 0 Å². The summed E-state index contributed by atoms with van der Waals surface area (Å²) < 4.78 is 27.7. The zero-order chi connectivity index (χ0) is 14.9. The number of aryl methyl sites for hydroxylation is 1. The second-order valence-electron chi connectivity index (χ2n) is 4.25. The molecule has 3 N–H and O–H groups in total. The summed E-state index contributed by atoms with van der Waals surface area (Å²) in [7, 11) is -3.79. The molecular formula is C13H12BrClN2O2S. The van der Waals surface area contributed by atoms with Crippen LogP contribution in [0.3, 0.4) is 0 Å². The maximum Gasteiger partial charge on any atom is 0.263 e. The van der Waals surface area contributed by atoms with E-state index < -0.39 is 10.0 Å². The molecule has 0 aromatic heterocycles. The number of nitrogen functional groups attached to an aromatic ring is 1. The molecule has 0 aliphatic rings. The molecule has 0 unspecified atom stereocenters. The van der Waals surface area contributed by atoms with E-state index in [1.165, 1.54) is 12.1 Å². The van der Waals surface area contributed by atoms with Gasteiger partial charge in [0.05, 0.1) is 16.4 Å². The summed E-state index contributed by atoms with van der Waals surface area (Å²) in [4.78, 5) is 0.00791. The van der Waals surface area contributed by atoms with Gasteiger partial charge in [-0.25, -0.2) is 8.42 Å². The molecule has 0 saturated heterocycles. The van der Waals surface area contributed by atoms with Gasteiger partial charge in [-0.1, -0.05) is 23.7 Å². The van der Waals surface area contributed by atoms with Crippen LogP contribution in [0.1, 0.15) is 5.56 Å². The normalized spacial score (nSPS) is 11.3. The van der Waals surface area contributed by atoms with Gasteiger partial charge in [-0.05, 0) is 52.7 Å². The van der Waals surface area contributed by atoms with Crippen molar-refractivity contribution in [1.82, 2.24) is 0 Å². The number of nitrogens with one attached hydrogen (secondary N) is 1. The summed E-state index contributed by atoms with van der Waals surface area (Å²) in [6.45, 7) is 1.87. The van der Waals surface area contributed by atoms with Crippen molar-refractivity contribution in [3.05, 3.63) is 51.5 Å². The Morgan fingerprint density at radius 2 is 1.90 bits per heavy atom. The summed E-state index contributed by atoms with van der Waals surface area (Å²) in [5, 5.41) is 0.154. The predicted molar refractivity (Wildman–Crippen MR) is 85.6 cm³/mol. The zero-order valence-electron chi connectivity index (χ0n) is 10.5. The van der Waals surface area contributed by atoms with Gasteiger partial charge in [0.1, 0.15) is 4.90 Å². The van der Waals surface area contributed by atoms with Crippen molar-refractivity contribution in [3.63, 3.8) is 0 Å². The van der Waals surface area contributed by atoms with Gasteiger partial charge in [0.15, 0.2) is 0 Å². The number of anilines is 2. The third kappa shape index (κ3) is 3.08. The Bertz CT molecular complexity index is 740. The van der Waals surface area contributed by atoms with Crippen LogP contribution in [0.25, 0.3) is 0 Å². The second-order valence-corrected chi connectivity index (χ2v) is 7.16. The van der Waals surface area contributed by atoms with E-state index in [1.54, 1.807) is 24.3 Å². The lowest BCUT2D eigenvalue weighted by atomic mass is 10.2. The molecule has 0 bridgehead atoms. The standard InChI is InChI=1S/C13H12BrClN2O2S/c1-8-6-9(14)13(11(16)7-8)17-20(18,19)12-5-3-2-4-10(12)15/h2-7,17H,16H2,1H3. The summed E-state index contributed by atoms with van der Waals surface area (Å²) in [6, 6.07) is 9.69. The first-order valence-corrected chi connectivity index (χ1v) is 8.29. The Labute approximate surface area is 131 Å². The van der Waals surface area contributed by atoms with Gasteiger partial charge in [0, 0.05) is 4.47 Å². The van der Waals surface area contributed by atoms with Crippen molar-refractivity contribution in [1.29, 1.82) is 0 Å². The van der Waals surface area contributed by atoms with E-state index in [2.05, 4.69) is 20.7 Å². The smallest absolute Gasteiger partial charge is 0.263 e. The first-order valence-electron chi connectivity index (χ1n) is 5.64. The van der Waals surface area contributed by atoms with Crippen LogP contribution in [0.2, 0.25) is 5.02 Å². The van der Waals surface area contributed by atoms with E-state index in [0.717, 1.165) is 5.56 Å². The van der Waals surface area contributed by atoms with Crippen molar-refractivity contribution in [2.45, 2.75) is 11.8 Å². The van der Waals surface area contributed by atoms with Crippen molar-refractivity contribution in [3.8, 4) is 0 Å². The molecule has 2 rings (SSSR count). The SMILES string of the molecule is Cc1cc(N)c(NS(=O)(=O)c2ccccc2Cl)c(Br)c1. The van der Waals surface area contributed by atoms with Crippen LogP contribution in [-0.4, -0.2) is 8.42 Å². The quantitative estimate of drug-likeness (QED) is 0.802. The molecule has 2 aromatic carbocycles. The first-order chi connectivity index (χ1) is 9.31. The molecule has 0 radical (unpaired) electrons. The van der Waals surface area contributed by atoms with Gasteiger partial charge in [0.2, 0.25) is 0 Å². The summed E-state index contributed by atoms with van der Waals surface area (Å²) in [5.74, 6) is 0. The van der Waals surface area contributed by atoms with E-state index in [-0.39, 0.29) is 9.92 Å². The number of sulfonamides is 1. The Hall–Kier alpha value is -1.24. The third-order valence-electron chi connectivity index (χ3n) is 2.63. The fourth-order valence-corrected chi connectivity index (χ4v) is 4.18.